The van der Waals surface area contributed by atoms with E-state index >= 15 is 0 Å². The first-order chi connectivity index (χ1) is 9.51. The van der Waals surface area contributed by atoms with E-state index in [9.17, 15) is 4.39 Å². The molecule has 21 heavy (non-hydrogen) atoms. The molecule has 0 aliphatic carbocycles. The van der Waals surface area contributed by atoms with Gasteiger partial charge in [-0.05, 0) is 50.8 Å². The fourth-order valence-electron chi connectivity index (χ4n) is 3.35. The summed E-state index contributed by atoms with van der Waals surface area (Å²) in [7, 11) is 0. The van der Waals surface area contributed by atoms with Gasteiger partial charge in [0.25, 0.3) is 0 Å². The van der Waals surface area contributed by atoms with Crippen LogP contribution in [-0.4, -0.2) is 9.55 Å². The highest BCUT2D eigenvalue weighted by Crippen LogP contribution is 2.37. The Hall–Kier alpha value is -1.09. The van der Waals surface area contributed by atoms with Gasteiger partial charge < -0.3 is 4.57 Å². The molecule has 0 amide bonds. The summed E-state index contributed by atoms with van der Waals surface area (Å²) in [6, 6.07) is 4.71. The van der Waals surface area contributed by atoms with Gasteiger partial charge >= 0.3 is 0 Å². The lowest BCUT2D eigenvalue weighted by molar-refractivity contribution is 0.215. The molecule has 1 aromatic carbocycles. The van der Waals surface area contributed by atoms with E-state index in [0.717, 1.165) is 23.3 Å². The Morgan fingerprint density at radius 3 is 2.38 bits per heavy atom. The molecule has 0 saturated heterocycles. The lowest BCUT2D eigenvalue weighted by atomic mass is 9.81. The van der Waals surface area contributed by atoms with Crippen molar-refractivity contribution >= 4 is 22.6 Å². The van der Waals surface area contributed by atoms with Crippen LogP contribution < -0.4 is 0 Å². The van der Waals surface area contributed by atoms with Crippen LogP contribution in [0.1, 0.15) is 59.2 Å². The predicted octanol–water partition coefficient (Wildman–Crippen LogP) is 5.65. The van der Waals surface area contributed by atoms with Crippen LogP contribution in [0, 0.1) is 11.2 Å². The van der Waals surface area contributed by atoms with Crippen molar-refractivity contribution in [3.63, 3.8) is 0 Å². The monoisotopic (exact) mass is 310 g/mol. The summed E-state index contributed by atoms with van der Waals surface area (Å²) in [5, 5.41) is -0.222. The number of rotatable bonds is 3. The Labute approximate surface area is 131 Å². The van der Waals surface area contributed by atoms with E-state index in [0.29, 0.717) is 0 Å². The van der Waals surface area contributed by atoms with E-state index < -0.39 is 0 Å². The van der Waals surface area contributed by atoms with Crippen molar-refractivity contribution in [1.82, 2.24) is 9.55 Å². The minimum Gasteiger partial charge on any atom is -0.321 e. The zero-order valence-electron chi connectivity index (χ0n) is 13.7. The number of imidazole rings is 1. The average Bonchev–Trinajstić information content (AvgIpc) is 2.64. The summed E-state index contributed by atoms with van der Waals surface area (Å²) >= 11 is 6.32. The number of alkyl halides is 1. The number of fused-ring (bicyclic) bond motifs is 1. The molecule has 0 bridgehead atoms. The van der Waals surface area contributed by atoms with Crippen LogP contribution in [0.15, 0.2) is 18.2 Å². The second-order valence-electron chi connectivity index (χ2n) is 7.60. The van der Waals surface area contributed by atoms with Gasteiger partial charge in [-0.25, -0.2) is 9.37 Å². The third-order valence-corrected chi connectivity index (χ3v) is 3.76. The minimum absolute atomic E-state index is 0.153. The molecule has 0 N–H and O–H groups in total. The average molecular weight is 311 g/mol. The minimum atomic E-state index is -0.246. The molecule has 0 radical (unpaired) electrons. The maximum absolute atomic E-state index is 13.7. The zero-order chi connectivity index (χ0) is 16.0. The van der Waals surface area contributed by atoms with Crippen LogP contribution in [0.25, 0.3) is 11.0 Å². The third-order valence-electron chi connectivity index (χ3n) is 3.57. The van der Waals surface area contributed by atoms with Crippen molar-refractivity contribution < 1.29 is 4.39 Å². The maximum Gasteiger partial charge on any atom is 0.128 e. The van der Waals surface area contributed by atoms with Gasteiger partial charge in [-0.3, -0.25) is 0 Å². The molecule has 2 nitrogen and oxygen atoms in total. The molecular formula is C17H24ClFN2. The number of hydrogen-bond donors (Lipinski definition) is 0. The Kier molecular flexibility index (Phi) is 4.09. The normalized spacial score (nSPS) is 14.7. The van der Waals surface area contributed by atoms with Crippen LogP contribution in [0.3, 0.4) is 0 Å². The molecule has 0 spiro atoms. The fourth-order valence-corrected chi connectivity index (χ4v) is 3.49. The number of halogens is 2. The Morgan fingerprint density at radius 1 is 1.24 bits per heavy atom. The van der Waals surface area contributed by atoms with Crippen LogP contribution in [-0.2, 0) is 5.54 Å². The summed E-state index contributed by atoms with van der Waals surface area (Å²) < 4.78 is 15.8. The molecule has 116 valence electrons. The number of hydrogen-bond acceptors (Lipinski definition) is 1. The number of nitrogens with zero attached hydrogens (tertiary/aromatic N) is 2. The molecule has 2 aromatic rings. The highest BCUT2D eigenvalue weighted by molar-refractivity contribution is 6.20. The van der Waals surface area contributed by atoms with E-state index in [1.54, 1.807) is 12.1 Å². The van der Waals surface area contributed by atoms with Crippen LogP contribution >= 0.6 is 11.6 Å². The summed E-state index contributed by atoms with van der Waals surface area (Å²) in [6.07, 6.45) is 0.943. The Morgan fingerprint density at radius 2 is 1.86 bits per heavy atom. The lowest BCUT2D eigenvalue weighted by Crippen LogP contribution is -2.33. The van der Waals surface area contributed by atoms with Crippen molar-refractivity contribution in [3.05, 3.63) is 29.8 Å². The Balaban J connectivity index is 2.70. The van der Waals surface area contributed by atoms with E-state index in [2.05, 4.69) is 44.2 Å². The largest absolute Gasteiger partial charge is 0.321 e. The molecule has 2 rings (SSSR count). The number of benzene rings is 1. The van der Waals surface area contributed by atoms with Crippen molar-refractivity contribution in [1.29, 1.82) is 0 Å². The smallest absolute Gasteiger partial charge is 0.128 e. The van der Waals surface area contributed by atoms with Crippen LogP contribution in [0.5, 0.6) is 0 Å². The second-order valence-corrected chi connectivity index (χ2v) is 8.26. The predicted molar refractivity (Wildman–Crippen MR) is 87.4 cm³/mol. The topological polar surface area (TPSA) is 17.8 Å². The fraction of sp³-hybridized carbons (Fsp3) is 0.588. The van der Waals surface area contributed by atoms with Crippen molar-refractivity contribution in [2.45, 2.75) is 58.9 Å². The summed E-state index contributed by atoms with van der Waals surface area (Å²) in [6.45, 7) is 12.8. The molecule has 0 aliphatic heterocycles. The highest BCUT2D eigenvalue weighted by Gasteiger charge is 2.31. The first-order valence-corrected chi connectivity index (χ1v) is 7.77. The molecule has 0 saturated carbocycles. The van der Waals surface area contributed by atoms with E-state index in [-0.39, 0.29) is 22.1 Å². The van der Waals surface area contributed by atoms with E-state index in [4.69, 9.17) is 11.6 Å². The van der Waals surface area contributed by atoms with E-state index in [1.807, 2.05) is 6.92 Å². The lowest BCUT2D eigenvalue weighted by Gasteiger charge is -2.36. The zero-order valence-corrected chi connectivity index (χ0v) is 14.4. The molecular weight excluding hydrogens is 287 g/mol. The van der Waals surface area contributed by atoms with Gasteiger partial charge in [0.2, 0.25) is 0 Å². The van der Waals surface area contributed by atoms with Gasteiger partial charge in [0, 0.05) is 5.54 Å². The van der Waals surface area contributed by atoms with Crippen molar-refractivity contribution in [3.8, 4) is 0 Å². The summed E-state index contributed by atoms with van der Waals surface area (Å²) in [5.41, 5.74) is 1.56. The SMILES string of the molecule is CC(Cl)c1nc2ccc(F)cc2n1C(C)(C)CC(C)(C)C. The molecule has 4 heteroatoms. The highest BCUT2D eigenvalue weighted by atomic mass is 35.5. The van der Waals surface area contributed by atoms with Gasteiger partial charge in [0.05, 0.1) is 16.4 Å². The van der Waals surface area contributed by atoms with Gasteiger partial charge in [0.15, 0.2) is 0 Å². The van der Waals surface area contributed by atoms with Gasteiger partial charge in [0.1, 0.15) is 11.6 Å². The van der Waals surface area contributed by atoms with Gasteiger partial charge in [-0.2, -0.15) is 0 Å². The van der Waals surface area contributed by atoms with Crippen molar-refractivity contribution in [2.75, 3.05) is 0 Å². The molecule has 1 aromatic heterocycles. The van der Waals surface area contributed by atoms with E-state index in [1.165, 1.54) is 6.07 Å². The Bertz CT molecular complexity index is 651. The van der Waals surface area contributed by atoms with Crippen LogP contribution in [0.4, 0.5) is 4.39 Å². The first kappa shape index (κ1) is 16.3. The maximum atomic E-state index is 13.7. The first-order valence-electron chi connectivity index (χ1n) is 7.34. The van der Waals surface area contributed by atoms with Gasteiger partial charge in [-0.15, -0.1) is 11.6 Å². The quantitative estimate of drug-likeness (QED) is 0.670. The third kappa shape index (κ3) is 3.39. The molecule has 1 atom stereocenters. The number of aromatic nitrogens is 2. The van der Waals surface area contributed by atoms with Gasteiger partial charge in [-0.1, -0.05) is 20.8 Å². The molecule has 0 aliphatic rings. The standard InChI is InChI=1S/C17H24ClFN2/c1-11(18)15-20-13-8-7-12(19)9-14(13)21(15)17(5,6)10-16(2,3)4/h7-9,11H,10H2,1-6H3. The molecule has 0 fully saturated rings. The molecule has 1 unspecified atom stereocenters. The van der Waals surface area contributed by atoms with Crippen molar-refractivity contribution in [2.24, 2.45) is 5.41 Å². The summed E-state index contributed by atoms with van der Waals surface area (Å²) in [4.78, 5) is 4.61. The second kappa shape index (κ2) is 5.28. The van der Waals surface area contributed by atoms with Crippen LogP contribution in [0.2, 0.25) is 0 Å². The molecule has 1 heterocycles. The summed E-state index contributed by atoms with van der Waals surface area (Å²) in [5.74, 6) is 0.551.